The molecule has 1 aromatic heterocycles. The second-order valence-electron chi connectivity index (χ2n) is 6.35. The van der Waals surface area contributed by atoms with E-state index in [-0.39, 0.29) is 4.90 Å². The van der Waals surface area contributed by atoms with E-state index in [2.05, 4.69) is 14.9 Å². The molecule has 3 rings (SSSR count). The molecule has 0 aliphatic carbocycles. The Morgan fingerprint density at radius 3 is 2.30 bits per heavy atom. The highest BCUT2D eigenvalue weighted by Gasteiger charge is 2.18. The summed E-state index contributed by atoms with van der Waals surface area (Å²) in [6.45, 7) is 5.66. The number of methoxy groups -OCH3 is 1. The normalized spacial score (nSPS) is 11.3. The van der Waals surface area contributed by atoms with Crippen molar-refractivity contribution in [2.24, 2.45) is 0 Å². The molecule has 6 nitrogen and oxygen atoms in total. The van der Waals surface area contributed by atoms with Crippen molar-refractivity contribution in [3.63, 3.8) is 0 Å². The van der Waals surface area contributed by atoms with Crippen molar-refractivity contribution < 1.29 is 13.2 Å². The van der Waals surface area contributed by atoms with Gasteiger partial charge in [0, 0.05) is 17.3 Å². The zero-order valence-corrected chi connectivity index (χ0v) is 16.5. The van der Waals surface area contributed by atoms with Crippen molar-refractivity contribution in [2.75, 3.05) is 11.8 Å². The summed E-state index contributed by atoms with van der Waals surface area (Å²) in [5.74, 6) is 0.417. The number of rotatable bonds is 5. The fourth-order valence-corrected chi connectivity index (χ4v) is 4.12. The summed E-state index contributed by atoms with van der Waals surface area (Å²) < 4.78 is 33.4. The van der Waals surface area contributed by atoms with Crippen LogP contribution in [0.5, 0.6) is 5.88 Å². The summed E-state index contributed by atoms with van der Waals surface area (Å²) >= 11 is 0. The molecule has 0 radical (unpaired) electrons. The molecular weight excluding hydrogens is 362 g/mol. The number of ether oxygens (including phenoxy) is 1. The second kappa shape index (κ2) is 7.36. The lowest BCUT2D eigenvalue weighted by Crippen LogP contribution is -2.14. The van der Waals surface area contributed by atoms with Crippen LogP contribution in [0.15, 0.2) is 53.4 Å². The van der Waals surface area contributed by atoms with Gasteiger partial charge in [0.2, 0.25) is 5.88 Å². The largest absolute Gasteiger partial charge is 0.480 e. The Hall–Kier alpha value is -2.93. The van der Waals surface area contributed by atoms with Crippen LogP contribution in [0, 0.1) is 20.8 Å². The predicted molar refractivity (Wildman–Crippen MR) is 105 cm³/mol. The molecular formula is C20H21N3O3S. The Kier molecular flexibility index (Phi) is 5.14. The summed E-state index contributed by atoms with van der Waals surface area (Å²) in [5, 5.41) is 8.04. The first-order chi connectivity index (χ1) is 12.8. The van der Waals surface area contributed by atoms with Gasteiger partial charge in [0.1, 0.15) is 0 Å². The Morgan fingerprint density at radius 2 is 1.63 bits per heavy atom. The fourth-order valence-electron chi connectivity index (χ4n) is 2.76. The molecule has 1 N–H and O–H groups in total. The zero-order chi connectivity index (χ0) is 19.6. The molecule has 0 saturated heterocycles. The summed E-state index contributed by atoms with van der Waals surface area (Å²) in [4.78, 5) is 0.278. The zero-order valence-electron chi connectivity index (χ0n) is 15.6. The second-order valence-corrected chi connectivity index (χ2v) is 8.00. The Morgan fingerprint density at radius 1 is 0.889 bits per heavy atom. The van der Waals surface area contributed by atoms with Crippen molar-refractivity contribution in [1.82, 2.24) is 10.2 Å². The van der Waals surface area contributed by atoms with E-state index in [1.54, 1.807) is 43.3 Å². The maximum atomic E-state index is 12.9. The number of nitrogens with zero attached hydrogens (tertiary/aromatic N) is 2. The van der Waals surface area contributed by atoms with Gasteiger partial charge in [-0.2, -0.15) is 0 Å². The maximum absolute atomic E-state index is 12.9. The highest BCUT2D eigenvalue weighted by atomic mass is 32.2. The first kappa shape index (κ1) is 18.8. The molecule has 0 bridgehead atoms. The third kappa shape index (κ3) is 4.09. The van der Waals surface area contributed by atoms with E-state index in [9.17, 15) is 8.42 Å². The van der Waals surface area contributed by atoms with E-state index in [1.807, 2.05) is 26.0 Å². The topological polar surface area (TPSA) is 81.2 Å². The lowest BCUT2D eigenvalue weighted by atomic mass is 10.1. The van der Waals surface area contributed by atoms with Gasteiger partial charge in [-0.05, 0) is 61.7 Å². The van der Waals surface area contributed by atoms with Gasteiger partial charge in [-0.15, -0.1) is 10.2 Å². The van der Waals surface area contributed by atoms with Crippen LogP contribution in [0.2, 0.25) is 0 Å². The van der Waals surface area contributed by atoms with Crippen LogP contribution in [0.25, 0.3) is 11.3 Å². The monoisotopic (exact) mass is 383 g/mol. The van der Waals surface area contributed by atoms with Crippen LogP contribution in [-0.4, -0.2) is 25.7 Å². The number of hydrogen-bond donors (Lipinski definition) is 1. The molecule has 1 heterocycles. The predicted octanol–water partition coefficient (Wildman–Crippen LogP) is 3.88. The van der Waals surface area contributed by atoms with Crippen molar-refractivity contribution >= 4 is 15.7 Å². The minimum atomic E-state index is -3.70. The van der Waals surface area contributed by atoms with E-state index in [1.165, 1.54) is 7.11 Å². The average molecular weight is 383 g/mol. The average Bonchev–Trinajstić information content (AvgIpc) is 2.64. The number of aryl methyl sites for hydroxylation is 3. The number of sulfonamides is 1. The molecule has 0 amide bonds. The van der Waals surface area contributed by atoms with E-state index in [0.29, 0.717) is 22.8 Å². The van der Waals surface area contributed by atoms with Crippen LogP contribution in [-0.2, 0) is 10.0 Å². The number of benzene rings is 2. The first-order valence-corrected chi connectivity index (χ1v) is 9.87. The smallest absolute Gasteiger partial charge is 0.262 e. The standard InChI is InChI=1S/C20H21N3O3S/c1-13-10-15(3)19(11-14(13)2)27(24,25)23-17-7-5-6-16(12-17)18-8-9-20(26-4)22-21-18/h5-12,23H,1-4H3. The van der Waals surface area contributed by atoms with Gasteiger partial charge in [-0.25, -0.2) is 8.42 Å². The van der Waals surface area contributed by atoms with E-state index in [0.717, 1.165) is 16.7 Å². The number of anilines is 1. The van der Waals surface area contributed by atoms with E-state index in [4.69, 9.17) is 4.74 Å². The minimum Gasteiger partial charge on any atom is -0.480 e. The number of nitrogens with one attached hydrogen (secondary N) is 1. The van der Waals surface area contributed by atoms with Crippen molar-refractivity contribution in [3.05, 3.63) is 65.2 Å². The summed E-state index contributed by atoms with van der Waals surface area (Å²) in [7, 11) is -2.18. The molecule has 0 saturated carbocycles. The Labute approximate surface area is 159 Å². The fraction of sp³-hybridized carbons (Fsp3) is 0.200. The molecule has 7 heteroatoms. The number of hydrogen-bond acceptors (Lipinski definition) is 5. The maximum Gasteiger partial charge on any atom is 0.262 e. The molecule has 0 aliphatic rings. The highest BCUT2D eigenvalue weighted by Crippen LogP contribution is 2.25. The summed E-state index contributed by atoms with van der Waals surface area (Å²) in [5.41, 5.74) is 4.54. The van der Waals surface area contributed by atoms with Crippen LogP contribution in [0.3, 0.4) is 0 Å². The molecule has 2 aromatic carbocycles. The van der Waals surface area contributed by atoms with Crippen molar-refractivity contribution in [2.45, 2.75) is 25.7 Å². The van der Waals surface area contributed by atoms with Crippen LogP contribution in [0.4, 0.5) is 5.69 Å². The van der Waals surface area contributed by atoms with Crippen molar-refractivity contribution in [3.8, 4) is 17.1 Å². The highest BCUT2D eigenvalue weighted by molar-refractivity contribution is 7.92. The quantitative estimate of drug-likeness (QED) is 0.723. The molecule has 0 fully saturated rings. The van der Waals surface area contributed by atoms with Gasteiger partial charge in [-0.3, -0.25) is 4.72 Å². The molecule has 27 heavy (non-hydrogen) atoms. The van der Waals surface area contributed by atoms with Gasteiger partial charge >= 0.3 is 0 Å². The van der Waals surface area contributed by atoms with Crippen LogP contribution >= 0.6 is 0 Å². The molecule has 140 valence electrons. The van der Waals surface area contributed by atoms with Gasteiger partial charge in [0.05, 0.1) is 17.7 Å². The molecule has 0 aliphatic heterocycles. The van der Waals surface area contributed by atoms with Gasteiger partial charge in [0.15, 0.2) is 0 Å². The van der Waals surface area contributed by atoms with Crippen LogP contribution in [0.1, 0.15) is 16.7 Å². The third-order valence-corrected chi connectivity index (χ3v) is 5.86. The SMILES string of the molecule is COc1ccc(-c2cccc(NS(=O)(=O)c3cc(C)c(C)cc3C)c2)nn1. The third-order valence-electron chi connectivity index (χ3n) is 4.34. The summed E-state index contributed by atoms with van der Waals surface area (Å²) in [6.07, 6.45) is 0. The van der Waals surface area contributed by atoms with Crippen LogP contribution < -0.4 is 9.46 Å². The van der Waals surface area contributed by atoms with E-state index >= 15 is 0 Å². The lowest BCUT2D eigenvalue weighted by Gasteiger charge is -2.13. The van der Waals surface area contributed by atoms with Gasteiger partial charge in [-0.1, -0.05) is 18.2 Å². The molecule has 0 atom stereocenters. The van der Waals surface area contributed by atoms with Crippen molar-refractivity contribution in [1.29, 1.82) is 0 Å². The molecule has 3 aromatic rings. The molecule has 0 unspecified atom stereocenters. The molecule has 0 spiro atoms. The lowest BCUT2D eigenvalue weighted by molar-refractivity contribution is 0.392. The van der Waals surface area contributed by atoms with E-state index < -0.39 is 10.0 Å². The Balaban J connectivity index is 1.92. The van der Waals surface area contributed by atoms with Gasteiger partial charge in [0.25, 0.3) is 10.0 Å². The first-order valence-electron chi connectivity index (χ1n) is 8.39. The van der Waals surface area contributed by atoms with Gasteiger partial charge < -0.3 is 4.74 Å². The number of aromatic nitrogens is 2. The minimum absolute atomic E-state index is 0.278. The summed E-state index contributed by atoms with van der Waals surface area (Å²) in [6, 6.07) is 14.1. The Bertz CT molecular complexity index is 1080.